The first-order chi connectivity index (χ1) is 8.94. The van der Waals surface area contributed by atoms with Crippen LogP contribution in [0.5, 0.6) is 0 Å². The van der Waals surface area contributed by atoms with E-state index in [9.17, 15) is 18.0 Å². The monoisotopic (exact) mass is 306 g/mol. The lowest BCUT2D eigenvalue weighted by Crippen LogP contribution is -2.55. The van der Waals surface area contributed by atoms with Gasteiger partial charge in [-0.05, 0) is 11.8 Å². The van der Waals surface area contributed by atoms with Crippen LogP contribution in [-0.2, 0) is 19.4 Å². The molecule has 0 spiro atoms. The van der Waals surface area contributed by atoms with E-state index in [4.69, 9.17) is 10.8 Å². The van der Waals surface area contributed by atoms with Crippen molar-refractivity contribution in [2.75, 3.05) is 18.1 Å². The number of amides is 1. The molecule has 1 unspecified atom stereocenters. The Balaban J connectivity index is 2.96. The Kier molecular flexibility index (Phi) is 4.81. The van der Waals surface area contributed by atoms with E-state index in [0.717, 1.165) is 4.90 Å². The van der Waals surface area contributed by atoms with Crippen molar-refractivity contribution in [2.45, 2.75) is 39.3 Å². The second-order valence-corrected chi connectivity index (χ2v) is 8.49. The molecule has 0 saturated carbocycles. The van der Waals surface area contributed by atoms with Gasteiger partial charge in [-0.3, -0.25) is 9.59 Å². The highest BCUT2D eigenvalue weighted by atomic mass is 32.2. The summed E-state index contributed by atoms with van der Waals surface area (Å²) in [7, 11) is -3.20. The molecule has 7 nitrogen and oxygen atoms in total. The molecular weight excluding hydrogens is 284 g/mol. The van der Waals surface area contributed by atoms with E-state index in [2.05, 4.69) is 0 Å². The summed E-state index contributed by atoms with van der Waals surface area (Å²) in [6, 6.07) is -1.47. The van der Waals surface area contributed by atoms with Gasteiger partial charge in [-0.25, -0.2) is 8.42 Å². The van der Waals surface area contributed by atoms with Crippen LogP contribution >= 0.6 is 0 Å². The fourth-order valence-corrected chi connectivity index (χ4v) is 3.83. The SMILES string of the molecule is CC(C)(C)[C@H](N)C(=O)N(CC(=O)O)C1CCS(=O)(=O)C1. The number of carbonyl (C=O) groups excluding carboxylic acids is 1. The molecule has 116 valence electrons. The topological polar surface area (TPSA) is 118 Å². The minimum atomic E-state index is -3.20. The van der Waals surface area contributed by atoms with E-state index < -0.39 is 45.8 Å². The van der Waals surface area contributed by atoms with Gasteiger partial charge in [0.15, 0.2) is 9.84 Å². The number of carbonyl (C=O) groups is 2. The molecule has 0 aliphatic carbocycles. The largest absolute Gasteiger partial charge is 0.480 e. The third-order valence-corrected chi connectivity index (χ3v) is 5.19. The van der Waals surface area contributed by atoms with Crippen LogP contribution in [0.3, 0.4) is 0 Å². The first-order valence-electron chi connectivity index (χ1n) is 6.42. The van der Waals surface area contributed by atoms with Gasteiger partial charge < -0.3 is 15.7 Å². The second kappa shape index (κ2) is 5.69. The summed E-state index contributed by atoms with van der Waals surface area (Å²) in [6.07, 6.45) is 0.262. The number of nitrogens with two attached hydrogens (primary N) is 1. The van der Waals surface area contributed by atoms with Gasteiger partial charge in [-0.1, -0.05) is 20.8 Å². The number of carboxylic acids is 1. The Morgan fingerprint density at radius 3 is 2.30 bits per heavy atom. The maximum atomic E-state index is 12.4. The van der Waals surface area contributed by atoms with E-state index in [1.807, 2.05) is 0 Å². The predicted octanol–water partition coefficient (Wildman–Crippen LogP) is -0.540. The smallest absolute Gasteiger partial charge is 0.323 e. The van der Waals surface area contributed by atoms with Crippen LogP contribution in [0.1, 0.15) is 27.2 Å². The van der Waals surface area contributed by atoms with Crippen molar-refractivity contribution in [3.63, 3.8) is 0 Å². The number of rotatable bonds is 4. The van der Waals surface area contributed by atoms with Crippen LogP contribution in [0.15, 0.2) is 0 Å². The molecule has 1 amide bonds. The molecule has 1 aliphatic heterocycles. The summed E-state index contributed by atoms with van der Waals surface area (Å²) in [6.45, 7) is 4.81. The molecule has 0 bridgehead atoms. The molecule has 8 heteroatoms. The zero-order chi connectivity index (χ0) is 15.7. The molecule has 1 saturated heterocycles. The Morgan fingerprint density at radius 1 is 1.40 bits per heavy atom. The van der Waals surface area contributed by atoms with Gasteiger partial charge in [0.05, 0.1) is 17.5 Å². The summed E-state index contributed by atoms with van der Waals surface area (Å²) in [5.74, 6) is -1.90. The van der Waals surface area contributed by atoms with Gasteiger partial charge >= 0.3 is 5.97 Å². The zero-order valence-corrected chi connectivity index (χ0v) is 12.8. The van der Waals surface area contributed by atoms with Gasteiger partial charge in [-0.15, -0.1) is 0 Å². The van der Waals surface area contributed by atoms with Crippen molar-refractivity contribution in [3.8, 4) is 0 Å². The van der Waals surface area contributed by atoms with Gasteiger partial charge in [0.2, 0.25) is 5.91 Å². The van der Waals surface area contributed by atoms with Crippen molar-refractivity contribution in [2.24, 2.45) is 11.1 Å². The quantitative estimate of drug-likeness (QED) is 0.720. The van der Waals surface area contributed by atoms with Crippen molar-refractivity contribution in [1.29, 1.82) is 0 Å². The van der Waals surface area contributed by atoms with E-state index in [1.54, 1.807) is 20.8 Å². The summed E-state index contributed by atoms with van der Waals surface area (Å²) in [5, 5.41) is 8.92. The van der Waals surface area contributed by atoms with Crippen molar-refractivity contribution < 1.29 is 23.1 Å². The second-order valence-electron chi connectivity index (χ2n) is 6.26. The molecule has 0 radical (unpaired) electrons. The normalized spacial score (nSPS) is 23.3. The number of hydrogen-bond donors (Lipinski definition) is 2. The minimum absolute atomic E-state index is 0.0220. The van der Waals surface area contributed by atoms with E-state index in [-0.39, 0.29) is 17.9 Å². The van der Waals surface area contributed by atoms with Crippen LogP contribution in [0, 0.1) is 5.41 Å². The predicted molar refractivity (Wildman–Crippen MR) is 73.8 cm³/mol. The molecular formula is C12H22N2O5S. The van der Waals surface area contributed by atoms with Crippen molar-refractivity contribution in [3.05, 3.63) is 0 Å². The molecule has 3 N–H and O–H groups in total. The van der Waals surface area contributed by atoms with E-state index >= 15 is 0 Å². The lowest BCUT2D eigenvalue weighted by atomic mass is 9.86. The number of carboxylic acid groups (broad SMARTS) is 1. The Bertz CT molecular complexity index is 494. The molecule has 0 aromatic rings. The molecule has 0 aromatic carbocycles. The first-order valence-corrected chi connectivity index (χ1v) is 8.24. The van der Waals surface area contributed by atoms with Crippen LogP contribution in [0.2, 0.25) is 0 Å². The molecule has 1 fully saturated rings. The van der Waals surface area contributed by atoms with E-state index in [1.165, 1.54) is 0 Å². The summed E-state index contributed by atoms with van der Waals surface area (Å²) in [4.78, 5) is 24.4. The Morgan fingerprint density at radius 2 is 1.95 bits per heavy atom. The summed E-state index contributed by atoms with van der Waals surface area (Å²) in [5.41, 5.74) is 5.35. The van der Waals surface area contributed by atoms with Gasteiger partial charge in [0, 0.05) is 6.04 Å². The van der Waals surface area contributed by atoms with Crippen LogP contribution in [0.25, 0.3) is 0 Å². The van der Waals surface area contributed by atoms with Crippen molar-refractivity contribution >= 4 is 21.7 Å². The first kappa shape index (κ1) is 16.9. The van der Waals surface area contributed by atoms with Gasteiger partial charge in [-0.2, -0.15) is 0 Å². The minimum Gasteiger partial charge on any atom is -0.480 e. The van der Waals surface area contributed by atoms with Gasteiger partial charge in [0.25, 0.3) is 0 Å². The summed E-state index contributed by atoms with van der Waals surface area (Å²) < 4.78 is 23.0. The zero-order valence-electron chi connectivity index (χ0n) is 12.0. The lowest BCUT2D eigenvalue weighted by Gasteiger charge is -2.34. The molecule has 1 heterocycles. The lowest BCUT2D eigenvalue weighted by molar-refractivity contribution is -0.147. The third kappa shape index (κ3) is 4.17. The molecule has 1 aliphatic rings. The maximum absolute atomic E-state index is 12.4. The molecule has 2 atom stereocenters. The third-order valence-electron chi connectivity index (χ3n) is 3.44. The highest BCUT2D eigenvalue weighted by Gasteiger charge is 2.39. The highest BCUT2D eigenvalue weighted by molar-refractivity contribution is 7.91. The fourth-order valence-electron chi connectivity index (χ4n) is 2.10. The van der Waals surface area contributed by atoms with Crippen LogP contribution in [-0.4, -0.2) is 60.4 Å². The Hall–Kier alpha value is -1.15. The average Bonchev–Trinajstić information content (AvgIpc) is 2.63. The standard InChI is InChI=1S/C12H22N2O5S/c1-12(2,3)10(13)11(17)14(6-9(15)16)8-4-5-20(18,19)7-8/h8,10H,4-7,13H2,1-3H3,(H,15,16)/t8?,10-/m1/s1. The number of aliphatic carboxylic acids is 1. The van der Waals surface area contributed by atoms with Crippen LogP contribution < -0.4 is 5.73 Å². The van der Waals surface area contributed by atoms with Gasteiger partial charge in [0.1, 0.15) is 6.54 Å². The van der Waals surface area contributed by atoms with Crippen molar-refractivity contribution in [1.82, 2.24) is 4.90 Å². The number of sulfone groups is 1. The number of nitrogens with zero attached hydrogens (tertiary/aromatic N) is 1. The molecule has 0 aromatic heterocycles. The average molecular weight is 306 g/mol. The number of hydrogen-bond acceptors (Lipinski definition) is 5. The highest BCUT2D eigenvalue weighted by Crippen LogP contribution is 2.23. The molecule has 20 heavy (non-hydrogen) atoms. The summed E-state index contributed by atoms with van der Waals surface area (Å²) >= 11 is 0. The van der Waals surface area contributed by atoms with E-state index in [0.29, 0.717) is 0 Å². The maximum Gasteiger partial charge on any atom is 0.323 e. The Labute approximate surface area is 119 Å². The van der Waals surface area contributed by atoms with Crippen LogP contribution in [0.4, 0.5) is 0 Å². The molecule has 1 rings (SSSR count). The fraction of sp³-hybridized carbons (Fsp3) is 0.833.